The van der Waals surface area contributed by atoms with Gasteiger partial charge in [0.15, 0.2) is 0 Å². The Kier molecular flexibility index (Phi) is 4.90. The van der Waals surface area contributed by atoms with Crippen LogP contribution in [-0.2, 0) is 6.54 Å². The summed E-state index contributed by atoms with van der Waals surface area (Å²) in [4.78, 5) is 9.07. The molecule has 0 N–H and O–H groups in total. The SMILES string of the molecule is CC(C)CCn1cc(-c2ccc(Cl)nc2-c2ccc3cccnc3c2)cn1. The molecule has 0 spiro atoms. The zero-order valence-corrected chi connectivity index (χ0v) is 16.2. The van der Waals surface area contributed by atoms with E-state index in [0.29, 0.717) is 11.1 Å². The van der Waals surface area contributed by atoms with Crippen LogP contribution in [-0.4, -0.2) is 19.7 Å². The van der Waals surface area contributed by atoms with Crippen molar-refractivity contribution >= 4 is 22.5 Å². The predicted octanol–water partition coefficient (Wildman–Crippen LogP) is 5.86. The van der Waals surface area contributed by atoms with Gasteiger partial charge in [-0.3, -0.25) is 9.67 Å². The smallest absolute Gasteiger partial charge is 0.129 e. The number of nitrogens with zero attached hydrogens (tertiary/aromatic N) is 4. The van der Waals surface area contributed by atoms with Crippen LogP contribution in [0.3, 0.4) is 0 Å². The molecule has 0 aliphatic carbocycles. The average Bonchev–Trinajstić information content (AvgIpc) is 3.15. The Labute approximate surface area is 163 Å². The lowest BCUT2D eigenvalue weighted by Crippen LogP contribution is -2.01. The number of hydrogen-bond donors (Lipinski definition) is 0. The van der Waals surface area contributed by atoms with Crippen LogP contribution in [0.25, 0.3) is 33.3 Å². The highest BCUT2D eigenvalue weighted by Gasteiger charge is 2.13. The fraction of sp³-hybridized carbons (Fsp3) is 0.227. The standard InChI is InChI=1S/C22H21ClN4/c1-15(2)9-11-27-14-18(13-25-27)19-7-8-21(23)26-22(19)17-6-5-16-4-3-10-24-20(16)12-17/h3-8,10,12-15H,9,11H2,1-2H3. The summed E-state index contributed by atoms with van der Waals surface area (Å²) in [5.74, 6) is 0.649. The van der Waals surface area contributed by atoms with Gasteiger partial charge in [0.2, 0.25) is 0 Å². The molecular weight excluding hydrogens is 356 g/mol. The van der Waals surface area contributed by atoms with E-state index in [1.54, 1.807) is 6.20 Å². The molecule has 4 aromatic rings. The van der Waals surface area contributed by atoms with Crippen LogP contribution in [0.1, 0.15) is 20.3 Å². The van der Waals surface area contributed by atoms with Crippen molar-refractivity contribution in [3.05, 3.63) is 66.2 Å². The van der Waals surface area contributed by atoms with Crippen LogP contribution in [0, 0.1) is 5.92 Å². The third-order valence-electron chi connectivity index (χ3n) is 4.62. The van der Waals surface area contributed by atoms with Crippen molar-refractivity contribution in [3.63, 3.8) is 0 Å². The van der Waals surface area contributed by atoms with Gasteiger partial charge in [-0.2, -0.15) is 5.10 Å². The van der Waals surface area contributed by atoms with Crippen LogP contribution in [0.2, 0.25) is 5.15 Å². The number of aryl methyl sites for hydroxylation is 1. The second kappa shape index (κ2) is 7.49. The zero-order valence-electron chi connectivity index (χ0n) is 15.4. The molecule has 0 saturated carbocycles. The first-order valence-electron chi connectivity index (χ1n) is 9.14. The Hall–Kier alpha value is -2.72. The van der Waals surface area contributed by atoms with Crippen LogP contribution >= 0.6 is 11.6 Å². The molecule has 0 fully saturated rings. The lowest BCUT2D eigenvalue weighted by molar-refractivity contribution is 0.487. The largest absolute Gasteiger partial charge is 0.272 e. The first-order chi connectivity index (χ1) is 13.1. The minimum atomic E-state index is 0.474. The van der Waals surface area contributed by atoms with Gasteiger partial charge in [0.05, 0.1) is 17.4 Å². The summed E-state index contributed by atoms with van der Waals surface area (Å²) in [5, 5.41) is 6.09. The van der Waals surface area contributed by atoms with E-state index in [-0.39, 0.29) is 0 Å². The molecule has 27 heavy (non-hydrogen) atoms. The van der Waals surface area contributed by atoms with E-state index in [0.717, 1.165) is 46.3 Å². The number of halogens is 1. The fourth-order valence-electron chi connectivity index (χ4n) is 3.12. The van der Waals surface area contributed by atoms with Gasteiger partial charge in [0, 0.05) is 41.0 Å². The second-order valence-electron chi connectivity index (χ2n) is 7.12. The quantitative estimate of drug-likeness (QED) is 0.410. The van der Waals surface area contributed by atoms with E-state index in [1.165, 1.54) is 0 Å². The van der Waals surface area contributed by atoms with E-state index in [2.05, 4.69) is 59.4 Å². The molecule has 0 unspecified atom stereocenters. The van der Waals surface area contributed by atoms with Crippen molar-refractivity contribution in [2.75, 3.05) is 0 Å². The molecule has 1 aromatic carbocycles. The first kappa shape index (κ1) is 17.7. The van der Waals surface area contributed by atoms with Crippen molar-refractivity contribution in [1.82, 2.24) is 19.7 Å². The molecule has 0 aliphatic rings. The first-order valence-corrected chi connectivity index (χ1v) is 9.52. The zero-order chi connectivity index (χ0) is 18.8. The summed E-state index contributed by atoms with van der Waals surface area (Å²) in [6.07, 6.45) is 6.88. The summed E-state index contributed by atoms with van der Waals surface area (Å²) in [7, 11) is 0. The van der Waals surface area contributed by atoms with Gasteiger partial charge in [-0.1, -0.05) is 43.6 Å². The molecule has 4 nitrogen and oxygen atoms in total. The third-order valence-corrected chi connectivity index (χ3v) is 4.83. The molecule has 3 heterocycles. The Morgan fingerprint density at radius 1 is 1.07 bits per heavy atom. The molecular formula is C22H21ClN4. The minimum absolute atomic E-state index is 0.474. The van der Waals surface area contributed by atoms with Gasteiger partial charge in [-0.15, -0.1) is 0 Å². The monoisotopic (exact) mass is 376 g/mol. The van der Waals surface area contributed by atoms with Crippen molar-refractivity contribution < 1.29 is 0 Å². The maximum atomic E-state index is 6.21. The van der Waals surface area contributed by atoms with Gasteiger partial charge >= 0.3 is 0 Å². The third kappa shape index (κ3) is 3.86. The van der Waals surface area contributed by atoms with Crippen LogP contribution in [0.15, 0.2) is 61.1 Å². The topological polar surface area (TPSA) is 43.6 Å². The van der Waals surface area contributed by atoms with Crippen molar-refractivity contribution in [1.29, 1.82) is 0 Å². The van der Waals surface area contributed by atoms with Crippen molar-refractivity contribution in [2.45, 2.75) is 26.8 Å². The number of aromatic nitrogens is 4. The molecule has 0 atom stereocenters. The Morgan fingerprint density at radius 2 is 1.96 bits per heavy atom. The summed E-state index contributed by atoms with van der Waals surface area (Å²) >= 11 is 6.21. The fourth-order valence-corrected chi connectivity index (χ4v) is 3.26. The number of rotatable bonds is 5. The van der Waals surface area contributed by atoms with Gasteiger partial charge in [-0.05, 0) is 36.6 Å². The maximum absolute atomic E-state index is 6.21. The molecule has 0 radical (unpaired) electrons. The van der Waals surface area contributed by atoms with Crippen molar-refractivity contribution in [2.24, 2.45) is 5.92 Å². The predicted molar refractivity (Wildman–Crippen MR) is 111 cm³/mol. The normalized spacial score (nSPS) is 11.4. The summed E-state index contributed by atoms with van der Waals surface area (Å²) < 4.78 is 2.00. The van der Waals surface area contributed by atoms with E-state index < -0.39 is 0 Å². The Morgan fingerprint density at radius 3 is 2.81 bits per heavy atom. The highest BCUT2D eigenvalue weighted by atomic mass is 35.5. The highest BCUT2D eigenvalue weighted by molar-refractivity contribution is 6.29. The van der Waals surface area contributed by atoms with E-state index in [4.69, 9.17) is 11.6 Å². The molecule has 5 heteroatoms. The van der Waals surface area contributed by atoms with Crippen LogP contribution < -0.4 is 0 Å². The van der Waals surface area contributed by atoms with Crippen LogP contribution in [0.4, 0.5) is 0 Å². The Balaban J connectivity index is 1.76. The van der Waals surface area contributed by atoms with E-state index in [1.807, 2.05) is 29.1 Å². The van der Waals surface area contributed by atoms with Gasteiger partial charge in [0.1, 0.15) is 5.15 Å². The molecule has 0 amide bonds. The van der Waals surface area contributed by atoms with Gasteiger partial charge in [-0.25, -0.2) is 4.98 Å². The summed E-state index contributed by atoms with van der Waals surface area (Å²) in [5.41, 5.74) is 4.84. The number of hydrogen-bond acceptors (Lipinski definition) is 3. The van der Waals surface area contributed by atoms with Gasteiger partial charge < -0.3 is 0 Å². The molecule has 3 aromatic heterocycles. The number of benzene rings is 1. The van der Waals surface area contributed by atoms with E-state index in [9.17, 15) is 0 Å². The van der Waals surface area contributed by atoms with Crippen LogP contribution in [0.5, 0.6) is 0 Å². The van der Waals surface area contributed by atoms with Gasteiger partial charge in [0.25, 0.3) is 0 Å². The summed E-state index contributed by atoms with van der Waals surface area (Å²) in [6.45, 7) is 5.35. The lowest BCUT2D eigenvalue weighted by Gasteiger charge is -2.09. The minimum Gasteiger partial charge on any atom is -0.272 e. The lowest BCUT2D eigenvalue weighted by atomic mass is 10.0. The van der Waals surface area contributed by atoms with E-state index >= 15 is 0 Å². The second-order valence-corrected chi connectivity index (χ2v) is 7.50. The molecule has 0 bridgehead atoms. The maximum Gasteiger partial charge on any atom is 0.129 e. The molecule has 136 valence electrons. The summed E-state index contributed by atoms with van der Waals surface area (Å²) in [6, 6.07) is 14.0. The number of pyridine rings is 2. The molecule has 4 rings (SSSR count). The number of fused-ring (bicyclic) bond motifs is 1. The Bertz CT molecular complexity index is 1080. The van der Waals surface area contributed by atoms with Crippen molar-refractivity contribution in [3.8, 4) is 22.4 Å². The molecule has 0 aliphatic heterocycles. The highest BCUT2D eigenvalue weighted by Crippen LogP contribution is 2.33. The average molecular weight is 377 g/mol. The molecule has 0 saturated heterocycles.